The van der Waals surface area contributed by atoms with E-state index in [0.29, 0.717) is 35.9 Å². The zero-order valence-corrected chi connectivity index (χ0v) is 35.6. The largest absolute Gasteiger partial charge is 0.483 e. The van der Waals surface area contributed by atoms with Crippen LogP contribution in [0.1, 0.15) is 98.8 Å². The first kappa shape index (κ1) is 44.8. The van der Waals surface area contributed by atoms with Gasteiger partial charge in [0.05, 0.1) is 11.9 Å². The van der Waals surface area contributed by atoms with E-state index in [-0.39, 0.29) is 35.6 Å². The smallest absolute Gasteiger partial charge is 0.278 e. The van der Waals surface area contributed by atoms with Crippen molar-refractivity contribution in [2.45, 2.75) is 99.8 Å². The Morgan fingerprint density at radius 1 is 0.800 bits per heavy atom. The Morgan fingerprint density at radius 2 is 1.40 bits per heavy atom. The highest BCUT2D eigenvalue weighted by molar-refractivity contribution is 7.88. The van der Waals surface area contributed by atoms with Gasteiger partial charge in [-0.3, -0.25) is 14.4 Å². The number of amides is 2. The molecule has 2 amide bonds. The van der Waals surface area contributed by atoms with Gasteiger partial charge in [0.15, 0.2) is 18.1 Å². The van der Waals surface area contributed by atoms with E-state index in [1.54, 1.807) is 51.1 Å². The Balaban J connectivity index is 1.75. The second kappa shape index (κ2) is 18.4. The van der Waals surface area contributed by atoms with Gasteiger partial charge in [-0.2, -0.15) is 0 Å². The molecule has 3 rings (SSSR count). The molecule has 11 nitrogen and oxygen atoms in total. The lowest BCUT2D eigenvalue weighted by atomic mass is 9.76. The van der Waals surface area contributed by atoms with Crippen LogP contribution in [-0.2, 0) is 35.2 Å². The highest BCUT2D eigenvalue weighted by Gasteiger charge is 2.31. The van der Waals surface area contributed by atoms with Crippen molar-refractivity contribution in [3.8, 4) is 5.75 Å². The van der Waals surface area contributed by atoms with E-state index in [4.69, 9.17) is 4.74 Å². The third-order valence-corrected chi connectivity index (χ3v) is 10.8. The maximum Gasteiger partial charge on any atom is 0.278 e. The van der Waals surface area contributed by atoms with Gasteiger partial charge < -0.3 is 20.3 Å². The van der Waals surface area contributed by atoms with Gasteiger partial charge in [-0.1, -0.05) is 74.4 Å². The van der Waals surface area contributed by atoms with Crippen molar-refractivity contribution in [2.24, 2.45) is 10.4 Å². The standard InChI is InChI=1S/C43H61N5O6S/c1-13-42(8,9)30-16-23-36(34(27-30)43(10,11)14-2)54-28-37(49)45-31-17-19-32(20-18-31)46-40(51)38(39(50)41(5,6)7)47-35-22-21-33(26-29(35)4)48(15-3)25-24-44-55(12,52)53/h16-23,26-27,44H,13-15,24-25,28H2,1-12H3,(H,45,49)(H,46,51). The Morgan fingerprint density at radius 3 is 1.93 bits per heavy atom. The first-order valence-corrected chi connectivity index (χ1v) is 20.8. The van der Waals surface area contributed by atoms with E-state index in [1.165, 1.54) is 5.56 Å². The fraction of sp³-hybridized carbons (Fsp3) is 0.488. The lowest BCUT2D eigenvalue weighted by molar-refractivity contribution is -0.121. The van der Waals surface area contributed by atoms with Gasteiger partial charge >= 0.3 is 0 Å². The molecule has 0 aliphatic rings. The van der Waals surface area contributed by atoms with E-state index in [9.17, 15) is 22.8 Å². The number of aryl methyl sites for hydroxylation is 1. The molecule has 0 radical (unpaired) electrons. The maximum atomic E-state index is 13.6. The second-order valence-electron chi connectivity index (χ2n) is 16.3. The van der Waals surface area contributed by atoms with Gasteiger partial charge in [0.1, 0.15) is 5.75 Å². The van der Waals surface area contributed by atoms with Crippen LogP contribution < -0.4 is 25.0 Å². The van der Waals surface area contributed by atoms with Crippen molar-refractivity contribution in [3.05, 3.63) is 77.4 Å². The monoisotopic (exact) mass is 775 g/mol. The van der Waals surface area contributed by atoms with E-state index in [2.05, 4.69) is 74.0 Å². The van der Waals surface area contributed by atoms with Gasteiger partial charge in [0, 0.05) is 47.7 Å². The fourth-order valence-corrected chi connectivity index (χ4v) is 6.11. The minimum absolute atomic E-state index is 0.0174. The van der Waals surface area contributed by atoms with E-state index in [1.807, 2.05) is 36.9 Å². The molecule has 3 aromatic carbocycles. The summed E-state index contributed by atoms with van der Waals surface area (Å²) in [6, 6.07) is 18.3. The number of benzene rings is 3. The Kier molecular flexibility index (Phi) is 15.0. The number of hydrogen-bond donors (Lipinski definition) is 3. The first-order chi connectivity index (χ1) is 25.5. The summed E-state index contributed by atoms with van der Waals surface area (Å²) in [4.78, 5) is 46.7. The number of rotatable bonds is 18. The van der Waals surface area contributed by atoms with Crippen LogP contribution in [0.4, 0.5) is 22.7 Å². The molecule has 0 aliphatic heterocycles. The Hall–Kier alpha value is -4.55. The van der Waals surface area contributed by atoms with Gasteiger partial charge in [0.2, 0.25) is 10.0 Å². The molecule has 0 unspecified atom stereocenters. The number of carbonyl (C=O) groups is 3. The molecule has 0 atom stereocenters. The van der Waals surface area contributed by atoms with Crippen LogP contribution in [0.2, 0.25) is 0 Å². The molecule has 0 heterocycles. The number of Topliss-reactive ketones (excluding diaryl/α,β-unsaturated/α-hetero) is 1. The molecule has 55 heavy (non-hydrogen) atoms. The highest BCUT2D eigenvalue weighted by atomic mass is 32.2. The Bertz CT molecular complexity index is 1980. The van der Waals surface area contributed by atoms with Crippen molar-refractivity contribution in [1.29, 1.82) is 0 Å². The molecule has 0 saturated carbocycles. The van der Waals surface area contributed by atoms with Crippen molar-refractivity contribution < 1.29 is 27.5 Å². The molecule has 0 fully saturated rings. The first-order valence-electron chi connectivity index (χ1n) is 18.9. The summed E-state index contributed by atoms with van der Waals surface area (Å²) >= 11 is 0. The van der Waals surface area contributed by atoms with Crippen molar-refractivity contribution in [3.63, 3.8) is 0 Å². The summed E-state index contributed by atoms with van der Waals surface area (Å²) in [6.45, 7) is 23.3. The molecule has 0 aromatic heterocycles. The molecular weight excluding hydrogens is 715 g/mol. The molecule has 12 heteroatoms. The number of sulfonamides is 1. The normalized spacial score (nSPS) is 12.6. The van der Waals surface area contributed by atoms with Crippen LogP contribution in [0.3, 0.4) is 0 Å². The van der Waals surface area contributed by atoms with Crippen LogP contribution in [-0.4, -0.2) is 64.2 Å². The zero-order chi connectivity index (χ0) is 41.4. The lowest BCUT2D eigenvalue weighted by Gasteiger charge is -2.30. The summed E-state index contributed by atoms with van der Waals surface area (Å²) in [6.07, 6.45) is 3.03. The number of ketones is 1. The van der Waals surface area contributed by atoms with E-state index >= 15 is 0 Å². The van der Waals surface area contributed by atoms with Gasteiger partial charge in [-0.15, -0.1) is 0 Å². The molecule has 3 aromatic rings. The molecule has 0 aliphatic carbocycles. The summed E-state index contributed by atoms with van der Waals surface area (Å²) < 4.78 is 31.6. The fourth-order valence-electron chi connectivity index (χ4n) is 5.65. The van der Waals surface area contributed by atoms with E-state index < -0.39 is 27.1 Å². The summed E-state index contributed by atoms with van der Waals surface area (Å²) in [7, 11) is -3.30. The predicted molar refractivity (Wildman–Crippen MR) is 226 cm³/mol. The predicted octanol–water partition coefficient (Wildman–Crippen LogP) is 8.09. The summed E-state index contributed by atoms with van der Waals surface area (Å²) in [5.41, 5.74) is 4.06. The quantitative estimate of drug-likeness (QED) is 0.0875. The molecule has 300 valence electrons. The summed E-state index contributed by atoms with van der Waals surface area (Å²) in [5.74, 6) is -0.718. The average molecular weight is 776 g/mol. The van der Waals surface area contributed by atoms with E-state index in [0.717, 1.165) is 35.9 Å². The SMILES string of the molecule is CCN(CCNS(C)(=O)=O)c1ccc(N=C(C(=O)Nc2ccc(NC(=O)COc3ccc(C(C)(C)CC)cc3C(C)(C)CC)cc2)C(=O)C(C)(C)C)c(C)c1. The number of carbonyl (C=O) groups excluding carboxylic acids is 3. The Labute approximate surface area is 328 Å². The van der Waals surface area contributed by atoms with Crippen molar-refractivity contribution >= 4 is 56.1 Å². The van der Waals surface area contributed by atoms with Crippen molar-refractivity contribution in [2.75, 3.05) is 48.0 Å². The zero-order valence-electron chi connectivity index (χ0n) is 34.8. The average Bonchev–Trinajstić information content (AvgIpc) is 3.11. The van der Waals surface area contributed by atoms with Crippen LogP contribution in [0, 0.1) is 12.3 Å². The number of aliphatic imine (C=N–C) groups is 1. The minimum Gasteiger partial charge on any atom is -0.483 e. The summed E-state index contributed by atoms with van der Waals surface area (Å²) in [5, 5.41) is 5.64. The number of nitrogens with one attached hydrogen (secondary N) is 3. The van der Waals surface area contributed by atoms with Gasteiger partial charge in [-0.25, -0.2) is 18.1 Å². The molecule has 0 saturated heterocycles. The van der Waals surface area contributed by atoms with Gasteiger partial charge in [0.25, 0.3) is 11.8 Å². The number of anilines is 3. The van der Waals surface area contributed by atoms with Crippen LogP contribution in [0.5, 0.6) is 5.75 Å². The number of likely N-dealkylation sites (N-methyl/N-ethyl adjacent to an activating group) is 1. The molecule has 3 N–H and O–H groups in total. The maximum absolute atomic E-state index is 13.6. The third-order valence-electron chi connectivity index (χ3n) is 10.1. The second-order valence-corrected chi connectivity index (χ2v) is 18.1. The molecule has 0 spiro atoms. The third kappa shape index (κ3) is 12.7. The lowest BCUT2D eigenvalue weighted by Crippen LogP contribution is -2.37. The highest BCUT2D eigenvalue weighted by Crippen LogP contribution is 2.38. The number of nitrogens with zero attached hydrogens (tertiary/aromatic N) is 2. The number of ether oxygens (including phenoxy) is 1. The number of hydrogen-bond acceptors (Lipinski definition) is 8. The topological polar surface area (TPSA) is 146 Å². The minimum atomic E-state index is -3.30. The molecular formula is C43H61N5O6S. The van der Waals surface area contributed by atoms with Crippen LogP contribution in [0.15, 0.2) is 65.7 Å². The van der Waals surface area contributed by atoms with Crippen molar-refractivity contribution in [1.82, 2.24) is 4.72 Å². The van der Waals surface area contributed by atoms with Crippen LogP contribution in [0.25, 0.3) is 0 Å². The molecule has 0 bridgehead atoms. The van der Waals surface area contributed by atoms with Crippen LogP contribution >= 0.6 is 0 Å². The van der Waals surface area contributed by atoms with Gasteiger partial charge in [-0.05, 0) is 97.2 Å².